The lowest BCUT2D eigenvalue weighted by Gasteiger charge is -2.30. The van der Waals surface area contributed by atoms with Gasteiger partial charge in [0.15, 0.2) is 5.82 Å². The summed E-state index contributed by atoms with van der Waals surface area (Å²) in [6.45, 7) is 9.86. The van der Waals surface area contributed by atoms with Crippen LogP contribution >= 0.6 is 0 Å². The fourth-order valence-electron chi connectivity index (χ4n) is 3.41. The Balaban J connectivity index is 1.50. The first-order valence-corrected chi connectivity index (χ1v) is 9.95. The van der Waals surface area contributed by atoms with Crippen LogP contribution in [0.5, 0.6) is 0 Å². The van der Waals surface area contributed by atoms with Gasteiger partial charge in [0.1, 0.15) is 17.8 Å². The third kappa shape index (κ3) is 4.06. The summed E-state index contributed by atoms with van der Waals surface area (Å²) in [5.74, 6) is 2.28. The van der Waals surface area contributed by atoms with E-state index < -0.39 is 0 Å². The molecule has 0 radical (unpaired) electrons. The second-order valence-corrected chi connectivity index (χ2v) is 8.74. The van der Waals surface area contributed by atoms with Crippen LogP contribution < -0.4 is 0 Å². The molecule has 8 nitrogen and oxygen atoms in total. The normalized spacial score (nSPS) is 17.5. The number of imidazole rings is 1. The van der Waals surface area contributed by atoms with Gasteiger partial charge in [-0.1, -0.05) is 32.9 Å². The van der Waals surface area contributed by atoms with Gasteiger partial charge < -0.3 is 9.42 Å². The summed E-state index contributed by atoms with van der Waals surface area (Å²) in [4.78, 5) is 27.8. The number of rotatable bonds is 3. The Bertz CT molecular complexity index is 999. The number of nitrogens with zero attached hydrogens (tertiary/aromatic N) is 6. The molecule has 29 heavy (non-hydrogen) atoms. The van der Waals surface area contributed by atoms with Crippen LogP contribution in [0.2, 0.25) is 0 Å². The van der Waals surface area contributed by atoms with Crippen LogP contribution in [-0.2, 0) is 5.41 Å². The predicted octanol–water partition coefficient (Wildman–Crippen LogP) is 3.49. The Hall–Kier alpha value is -3.03. The number of pyridine rings is 1. The maximum absolute atomic E-state index is 12.7. The second-order valence-electron chi connectivity index (χ2n) is 8.74. The molecule has 1 aliphatic heterocycles. The molecule has 0 saturated carbocycles. The summed E-state index contributed by atoms with van der Waals surface area (Å²) in [5.41, 5.74) is 1.01. The van der Waals surface area contributed by atoms with E-state index in [2.05, 4.69) is 27.0 Å². The van der Waals surface area contributed by atoms with Crippen molar-refractivity contribution in [1.82, 2.24) is 29.6 Å². The Morgan fingerprint density at radius 2 is 2.07 bits per heavy atom. The van der Waals surface area contributed by atoms with E-state index in [9.17, 15) is 4.79 Å². The van der Waals surface area contributed by atoms with Crippen molar-refractivity contribution in [2.45, 2.75) is 46.0 Å². The maximum Gasteiger partial charge on any atom is 0.274 e. The van der Waals surface area contributed by atoms with Crippen LogP contribution in [0.15, 0.2) is 35.4 Å². The van der Waals surface area contributed by atoms with Gasteiger partial charge in [-0.2, -0.15) is 4.98 Å². The van der Waals surface area contributed by atoms with Crippen LogP contribution in [0.4, 0.5) is 0 Å². The van der Waals surface area contributed by atoms with Gasteiger partial charge in [0.2, 0.25) is 0 Å². The molecule has 152 valence electrons. The lowest BCUT2D eigenvalue weighted by atomic mass is 9.96. The first kappa shape index (κ1) is 19.3. The third-order valence-corrected chi connectivity index (χ3v) is 5.10. The average Bonchev–Trinajstić information content (AvgIpc) is 3.37. The molecule has 0 unspecified atom stereocenters. The zero-order valence-electron chi connectivity index (χ0n) is 17.3. The van der Waals surface area contributed by atoms with Crippen molar-refractivity contribution >= 4 is 5.91 Å². The SMILES string of the molecule is C[C@@H]1CCCN(C(=O)c2cn(-c3ccc(-c4nc(C(C)(C)C)no4)cn3)cn2)C1. The molecule has 1 aliphatic rings. The molecule has 1 saturated heterocycles. The number of carbonyl (C=O) groups excluding carboxylic acids is 1. The topological polar surface area (TPSA) is 89.9 Å². The first-order valence-electron chi connectivity index (χ1n) is 9.95. The Labute approximate surface area is 170 Å². The molecule has 3 aromatic heterocycles. The lowest BCUT2D eigenvalue weighted by Crippen LogP contribution is -2.39. The number of carbonyl (C=O) groups is 1. The number of likely N-dealkylation sites (tertiary alicyclic amines) is 1. The molecule has 0 aliphatic carbocycles. The van der Waals surface area contributed by atoms with Crippen molar-refractivity contribution in [1.29, 1.82) is 0 Å². The van der Waals surface area contributed by atoms with Crippen LogP contribution in [0.1, 0.15) is 56.8 Å². The number of amides is 1. The van der Waals surface area contributed by atoms with E-state index in [-0.39, 0.29) is 11.3 Å². The van der Waals surface area contributed by atoms with E-state index >= 15 is 0 Å². The Kier molecular flexibility index (Phi) is 4.94. The Morgan fingerprint density at radius 3 is 2.72 bits per heavy atom. The summed E-state index contributed by atoms with van der Waals surface area (Å²) >= 11 is 0. The van der Waals surface area contributed by atoms with E-state index in [0.717, 1.165) is 25.1 Å². The maximum atomic E-state index is 12.7. The lowest BCUT2D eigenvalue weighted by molar-refractivity contribution is 0.0677. The molecular formula is C21H26N6O2. The third-order valence-electron chi connectivity index (χ3n) is 5.10. The zero-order valence-corrected chi connectivity index (χ0v) is 17.3. The van der Waals surface area contributed by atoms with Gasteiger partial charge in [0.25, 0.3) is 11.8 Å². The zero-order chi connectivity index (χ0) is 20.6. The van der Waals surface area contributed by atoms with Gasteiger partial charge in [0.05, 0.1) is 5.56 Å². The van der Waals surface area contributed by atoms with E-state index in [1.165, 1.54) is 6.42 Å². The molecule has 0 aromatic carbocycles. The number of hydrogen-bond acceptors (Lipinski definition) is 6. The van der Waals surface area contributed by atoms with Crippen molar-refractivity contribution in [2.24, 2.45) is 5.92 Å². The van der Waals surface area contributed by atoms with Crippen LogP contribution in [0.25, 0.3) is 17.3 Å². The van der Waals surface area contributed by atoms with Crippen molar-refractivity contribution in [3.8, 4) is 17.3 Å². The number of aromatic nitrogens is 5. The highest BCUT2D eigenvalue weighted by Crippen LogP contribution is 2.24. The van der Waals surface area contributed by atoms with Crippen molar-refractivity contribution < 1.29 is 9.32 Å². The Morgan fingerprint density at radius 1 is 1.24 bits per heavy atom. The van der Waals surface area contributed by atoms with Crippen molar-refractivity contribution in [3.05, 3.63) is 42.4 Å². The highest BCUT2D eigenvalue weighted by atomic mass is 16.5. The standard InChI is InChI=1S/C21H26N6O2/c1-14-6-5-9-26(11-14)19(28)16-12-27(13-23-16)17-8-7-15(10-22-17)18-24-20(25-29-18)21(2,3)4/h7-8,10,12-14H,5-6,9,11H2,1-4H3/t14-/m1/s1. The summed E-state index contributed by atoms with van der Waals surface area (Å²) in [6.07, 6.45) is 7.25. The van der Waals surface area contributed by atoms with Gasteiger partial charge in [-0.25, -0.2) is 9.97 Å². The minimum Gasteiger partial charge on any atom is -0.337 e. The fraction of sp³-hybridized carbons (Fsp3) is 0.476. The highest BCUT2D eigenvalue weighted by Gasteiger charge is 2.24. The van der Waals surface area contributed by atoms with Crippen LogP contribution in [0.3, 0.4) is 0 Å². The summed E-state index contributed by atoms with van der Waals surface area (Å²) in [7, 11) is 0. The van der Waals surface area contributed by atoms with Crippen LogP contribution in [-0.4, -0.2) is 48.6 Å². The van der Waals surface area contributed by atoms with E-state index in [1.54, 1.807) is 23.3 Å². The fourth-order valence-corrected chi connectivity index (χ4v) is 3.41. The quantitative estimate of drug-likeness (QED) is 0.675. The molecule has 0 bridgehead atoms. The van der Waals surface area contributed by atoms with Gasteiger partial charge in [-0.05, 0) is 30.9 Å². The molecule has 0 N–H and O–H groups in total. The summed E-state index contributed by atoms with van der Waals surface area (Å²) in [5, 5.41) is 4.05. The summed E-state index contributed by atoms with van der Waals surface area (Å²) < 4.78 is 7.11. The van der Waals surface area contributed by atoms with Gasteiger partial charge in [0, 0.05) is 30.9 Å². The minimum absolute atomic E-state index is 0.0208. The van der Waals surface area contributed by atoms with Gasteiger partial charge in [-0.3, -0.25) is 9.36 Å². The molecule has 1 atom stereocenters. The van der Waals surface area contributed by atoms with Gasteiger partial charge in [-0.15, -0.1) is 0 Å². The molecule has 4 rings (SSSR count). The van der Waals surface area contributed by atoms with Crippen molar-refractivity contribution in [2.75, 3.05) is 13.1 Å². The largest absolute Gasteiger partial charge is 0.337 e. The second kappa shape index (κ2) is 7.42. The van der Waals surface area contributed by atoms with E-state index in [4.69, 9.17) is 4.52 Å². The average molecular weight is 394 g/mol. The molecule has 0 spiro atoms. The molecule has 1 fully saturated rings. The molecule has 1 amide bonds. The van der Waals surface area contributed by atoms with Crippen LogP contribution in [0, 0.1) is 5.92 Å². The summed E-state index contributed by atoms with van der Waals surface area (Å²) in [6, 6.07) is 3.71. The smallest absolute Gasteiger partial charge is 0.274 e. The number of piperidine rings is 1. The molecule has 3 aromatic rings. The van der Waals surface area contributed by atoms with Gasteiger partial charge >= 0.3 is 0 Å². The number of hydrogen-bond donors (Lipinski definition) is 0. The molecule has 4 heterocycles. The van der Waals surface area contributed by atoms with E-state index in [0.29, 0.717) is 29.1 Å². The van der Waals surface area contributed by atoms with E-state index in [1.807, 2.05) is 37.8 Å². The molecular weight excluding hydrogens is 368 g/mol. The monoisotopic (exact) mass is 394 g/mol. The minimum atomic E-state index is -0.180. The first-order chi connectivity index (χ1) is 13.8. The van der Waals surface area contributed by atoms with Crippen molar-refractivity contribution in [3.63, 3.8) is 0 Å². The molecule has 8 heteroatoms. The predicted molar refractivity (Wildman–Crippen MR) is 108 cm³/mol. The highest BCUT2D eigenvalue weighted by molar-refractivity contribution is 5.92.